The lowest BCUT2D eigenvalue weighted by Gasteiger charge is -2.46. The molecule has 1 aliphatic rings. The second-order valence-electron chi connectivity index (χ2n) is 5.50. The van der Waals surface area contributed by atoms with Crippen LogP contribution in [0.15, 0.2) is 0 Å². The zero-order chi connectivity index (χ0) is 10.1. The van der Waals surface area contributed by atoms with Gasteiger partial charge in [-0.15, -0.1) is 0 Å². The van der Waals surface area contributed by atoms with Crippen molar-refractivity contribution in [3.63, 3.8) is 0 Å². The molecule has 0 radical (unpaired) electrons. The first-order valence-electron chi connectivity index (χ1n) is 5.22. The van der Waals surface area contributed by atoms with Crippen LogP contribution in [0.4, 0.5) is 0 Å². The average molecular weight is 185 g/mol. The molecule has 78 valence electrons. The molecule has 0 aromatic carbocycles. The second kappa shape index (κ2) is 3.58. The summed E-state index contributed by atoms with van der Waals surface area (Å²) in [6, 6.07) is 0. The largest absolute Gasteiger partial charge is 0.380 e. The van der Waals surface area contributed by atoms with Crippen molar-refractivity contribution >= 4 is 0 Å². The summed E-state index contributed by atoms with van der Waals surface area (Å²) in [6.07, 6.45) is 2.29. The Morgan fingerprint density at radius 3 is 2.15 bits per heavy atom. The lowest BCUT2D eigenvalue weighted by Crippen LogP contribution is -2.48. The predicted molar refractivity (Wildman–Crippen MR) is 55.6 cm³/mol. The number of ether oxygens (including phenoxy) is 1. The number of hydrogen-bond donors (Lipinski definition) is 1. The maximum atomic E-state index is 5.98. The molecule has 0 amide bonds. The summed E-state index contributed by atoms with van der Waals surface area (Å²) in [5.74, 6) is 0.712. The van der Waals surface area contributed by atoms with E-state index >= 15 is 0 Å². The standard InChI is InChI=1S/C11H23NO/c1-9(2)11(7-13-8-11)6-5-10(3,4)12/h9H,5-8,12H2,1-4H3. The summed E-state index contributed by atoms with van der Waals surface area (Å²) in [5, 5.41) is 0. The first-order chi connectivity index (χ1) is 5.86. The van der Waals surface area contributed by atoms with Crippen LogP contribution in [0.25, 0.3) is 0 Å². The molecule has 1 heterocycles. The highest BCUT2D eigenvalue weighted by Crippen LogP contribution is 2.40. The van der Waals surface area contributed by atoms with E-state index in [1.165, 1.54) is 6.42 Å². The molecule has 2 N–H and O–H groups in total. The van der Waals surface area contributed by atoms with Crippen molar-refractivity contribution in [3.8, 4) is 0 Å². The summed E-state index contributed by atoms with van der Waals surface area (Å²) < 4.78 is 5.32. The Balaban J connectivity index is 2.41. The van der Waals surface area contributed by atoms with Crippen LogP contribution in [-0.2, 0) is 4.74 Å². The highest BCUT2D eigenvalue weighted by Gasteiger charge is 2.41. The first kappa shape index (κ1) is 11.0. The van der Waals surface area contributed by atoms with E-state index in [2.05, 4.69) is 27.7 Å². The van der Waals surface area contributed by atoms with Crippen molar-refractivity contribution < 1.29 is 4.74 Å². The van der Waals surface area contributed by atoms with Crippen LogP contribution in [-0.4, -0.2) is 18.8 Å². The summed E-state index contributed by atoms with van der Waals surface area (Å²) in [6.45, 7) is 10.6. The normalized spacial score (nSPS) is 21.7. The molecule has 0 aromatic heterocycles. The Labute approximate surface area is 81.8 Å². The molecule has 2 heteroatoms. The van der Waals surface area contributed by atoms with Crippen molar-refractivity contribution in [2.75, 3.05) is 13.2 Å². The summed E-state index contributed by atoms with van der Waals surface area (Å²) in [7, 11) is 0. The minimum Gasteiger partial charge on any atom is -0.380 e. The maximum Gasteiger partial charge on any atom is 0.0547 e. The fraction of sp³-hybridized carbons (Fsp3) is 1.00. The van der Waals surface area contributed by atoms with E-state index in [0.29, 0.717) is 11.3 Å². The third kappa shape index (κ3) is 2.68. The Kier molecular flexibility index (Phi) is 3.03. The topological polar surface area (TPSA) is 35.2 Å². The third-order valence-corrected chi connectivity index (χ3v) is 3.27. The Morgan fingerprint density at radius 1 is 1.38 bits per heavy atom. The molecule has 0 saturated carbocycles. The molecule has 0 atom stereocenters. The van der Waals surface area contributed by atoms with Gasteiger partial charge in [-0.25, -0.2) is 0 Å². The van der Waals surface area contributed by atoms with Gasteiger partial charge in [-0.3, -0.25) is 0 Å². The van der Waals surface area contributed by atoms with E-state index in [4.69, 9.17) is 10.5 Å². The van der Waals surface area contributed by atoms with Crippen molar-refractivity contribution in [1.82, 2.24) is 0 Å². The summed E-state index contributed by atoms with van der Waals surface area (Å²) >= 11 is 0. The highest BCUT2D eigenvalue weighted by atomic mass is 16.5. The zero-order valence-corrected chi connectivity index (χ0v) is 9.39. The van der Waals surface area contributed by atoms with Crippen molar-refractivity contribution in [2.24, 2.45) is 17.1 Å². The van der Waals surface area contributed by atoms with E-state index < -0.39 is 0 Å². The van der Waals surface area contributed by atoms with Crippen LogP contribution in [0, 0.1) is 11.3 Å². The van der Waals surface area contributed by atoms with E-state index in [-0.39, 0.29) is 5.54 Å². The maximum absolute atomic E-state index is 5.98. The molecule has 1 fully saturated rings. The molecule has 0 spiro atoms. The first-order valence-corrected chi connectivity index (χ1v) is 5.22. The molecular formula is C11H23NO. The lowest BCUT2D eigenvalue weighted by atomic mass is 9.70. The highest BCUT2D eigenvalue weighted by molar-refractivity contribution is 4.90. The van der Waals surface area contributed by atoms with Gasteiger partial charge >= 0.3 is 0 Å². The molecule has 1 aliphatic heterocycles. The molecule has 13 heavy (non-hydrogen) atoms. The SMILES string of the molecule is CC(C)C1(CCC(C)(C)N)COC1. The van der Waals surface area contributed by atoms with Crippen LogP contribution < -0.4 is 5.73 Å². The zero-order valence-electron chi connectivity index (χ0n) is 9.39. The van der Waals surface area contributed by atoms with Gasteiger partial charge in [0, 0.05) is 11.0 Å². The predicted octanol–water partition coefficient (Wildman–Crippen LogP) is 2.18. The monoisotopic (exact) mass is 185 g/mol. The quantitative estimate of drug-likeness (QED) is 0.728. The van der Waals surface area contributed by atoms with E-state index in [1.807, 2.05) is 0 Å². The van der Waals surface area contributed by atoms with Crippen molar-refractivity contribution in [3.05, 3.63) is 0 Å². The van der Waals surface area contributed by atoms with Crippen LogP contribution in [0.1, 0.15) is 40.5 Å². The van der Waals surface area contributed by atoms with E-state index in [1.54, 1.807) is 0 Å². The number of rotatable bonds is 4. The average Bonchev–Trinajstić information content (AvgIpc) is 1.80. The van der Waals surface area contributed by atoms with Gasteiger partial charge in [-0.05, 0) is 32.6 Å². The van der Waals surface area contributed by atoms with Crippen molar-refractivity contribution in [1.29, 1.82) is 0 Å². The second-order valence-corrected chi connectivity index (χ2v) is 5.50. The minimum absolute atomic E-state index is 0.0303. The van der Waals surface area contributed by atoms with Gasteiger partial charge in [0.2, 0.25) is 0 Å². The fourth-order valence-electron chi connectivity index (χ4n) is 1.70. The molecule has 2 nitrogen and oxygen atoms in total. The summed E-state index contributed by atoms with van der Waals surface area (Å²) in [4.78, 5) is 0. The molecule has 0 unspecified atom stereocenters. The van der Waals surface area contributed by atoms with Gasteiger partial charge in [0.1, 0.15) is 0 Å². The van der Waals surface area contributed by atoms with Crippen molar-refractivity contribution in [2.45, 2.75) is 46.1 Å². The third-order valence-electron chi connectivity index (χ3n) is 3.27. The van der Waals surface area contributed by atoms with Gasteiger partial charge in [0.05, 0.1) is 13.2 Å². The fourth-order valence-corrected chi connectivity index (χ4v) is 1.70. The van der Waals surface area contributed by atoms with E-state index in [0.717, 1.165) is 19.6 Å². The molecule has 0 bridgehead atoms. The number of nitrogens with two attached hydrogens (primary N) is 1. The molecular weight excluding hydrogens is 162 g/mol. The Hall–Kier alpha value is -0.0800. The molecule has 0 aromatic rings. The van der Waals surface area contributed by atoms with Crippen LogP contribution in [0.5, 0.6) is 0 Å². The molecule has 1 saturated heterocycles. The van der Waals surface area contributed by atoms with Gasteiger partial charge in [-0.2, -0.15) is 0 Å². The van der Waals surface area contributed by atoms with Crippen LogP contribution in [0.2, 0.25) is 0 Å². The van der Waals surface area contributed by atoms with Gasteiger partial charge < -0.3 is 10.5 Å². The smallest absolute Gasteiger partial charge is 0.0547 e. The Morgan fingerprint density at radius 2 is 1.92 bits per heavy atom. The van der Waals surface area contributed by atoms with E-state index in [9.17, 15) is 0 Å². The van der Waals surface area contributed by atoms with Crippen LogP contribution in [0.3, 0.4) is 0 Å². The molecule has 1 rings (SSSR count). The number of hydrogen-bond acceptors (Lipinski definition) is 2. The minimum atomic E-state index is -0.0303. The van der Waals surface area contributed by atoms with Gasteiger partial charge in [-0.1, -0.05) is 13.8 Å². The Bertz CT molecular complexity index is 165. The lowest BCUT2D eigenvalue weighted by molar-refractivity contribution is -0.145. The van der Waals surface area contributed by atoms with Gasteiger partial charge in [0.25, 0.3) is 0 Å². The van der Waals surface area contributed by atoms with Gasteiger partial charge in [0.15, 0.2) is 0 Å². The molecule has 0 aliphatic carbocycles. The summed E-state index contributed by atoms with van der Waals surface area (Å²) in [5.41, 5.74) is 6.38. The van der Waals surface area contributed by atoms with Crippen LogP contribution >= 0.6 is 0 Å².